The Morgan fingerprint density at radius 3 is 2.53 bits per heavy atom. The van der Waals surface area contributed by atoms with E-state index in [1.807, 2.05) is 30.3 Å². The molecule has 2 aromatic rings. The van der Waals surface area contributed by atoms with E-state index < -0.39 is 0 Å². The van der Waals surface area contributed by atoms with E-state index in [-0.39, 0.29) is 18.5 Å². The van der Waals surface area contributed by atoms with E-state index in [9.17, 15) is 9.50 Å². The molecule has 4 heteroatoms. The van der Waals surface area contributed by atoms with Gasteiger partial charge in [0.25, 0.3) is 0 Å². The second-order valence-electron chi connectivity index (χ2n) is 4.30. The third kappa shape index (κ3) is 4.03. The Labute approximate surface area is 116 Å². The van der Waals surface area contributed by atoms with Crippen LogP contribution in [0.25, 0.3) is 0 Å². The lowest BCUT2D eigenvalue weighted by Crippen LogP contribution is -2.24. The Kier molecular flexibility index (Phi) is 4.91. The SMILES string of the molecule is OCC(NCc1cc(F)cc(Cl)c1)c1ccccc1. The van der Waals surface area contributed by atoms with Crippen LogP contribution < -0.4 is 5.32 Å². The summed E-state index contributed by atoms with van der Waals surface area (Å²) in [6.07, 6.45) is 0. The Hall–Kier alpha value is -1.42. The molecule has 0 saturated heterocycles. The first-order chi connectivity index (χ1) is 9.19. The van der Waals surface area contributed by atoms with E-state index in [0.29, 0.717) is 11.6 Å². The second kappa shape index (κ2) is 6.66. The first kappa shape index (κ1) is 14.0. The summed E-state index contributed by atoms with van der Waals surface area (Å²) in [4.78, 5) is 0. The van der Waals surface area contributed by atoms with Gasteiger partial charge in [0, 0.05) is 11.6 Å². The first-order valence-electron chi connectivity index (χ1n) is 6.03. The molecule has 0 heterocycles. The number of hydrogen-bond donors (Lipinski definition) is 2. The minimum atomic E-state index is -0.357. The molecule has 0 fully saturated rings. The quantitative estimate of drug-likeness (QED) is 0.880. The summed E-state index contributed by atoms with van der Waals surface area (Å²) in [7, 11) is 0. The van der Waals surface area contributed by atoms with E-state index in [1.54, 1.807) is 6.07 Å². The van der Waals surface area contributed by atoms with Crippen molar-refractivity contribution in [3.63, 3.8) is 0 Å². The number of nitrogens with one attached hydrogen (secondary N) is 1. The maximum Gasteiger partial charge on any atom is 0.125 e. The molecule has 2 aromatic carbocycles. The third-order valence-corrected chi connectivity index (χ3v) is 3.08. The summed E-state index contributed by atoms with van der Waals surface area (Å²) in [6.45, 7) is 0.421. The van der Waals surface area contributed by atoms with Gasteiger partial charge in [-0.3, -0.25) is 0 Å². The predicted octanol–water partition coefficient (Wildman–Crippen LogP) is 3.30. The van der Waals surface area contributed by atoms with Gasteiger partial charge in [-0.2, -0.15) is 0 Å². The number of benzene rings is 2. The molecule has 2 rings (SSSR count). The first-order valence-corrected chi connectivity index (χ1v) is 6.41. The van der Waals surface area contributed by atoms with Crippen LogP contribution in [0.15, 0.2) is 48.5 Å². The maximum absolute atomic E-state index is 13.2. The van der Waals surface area contributed by atoms with Gasteiger partial charge in [-0.05, 0) is 29.3 Å². The predicted molar refractivity (Wildman–Crippen MR) is 74.5 cm³/mol. The van der Waals surface area contributed by atoms with E-state index in [4.69, 9.17) is 11.6 Å². The van der Waals surface area contributed by atoms with Crippen molar-refractivity contribution < 1.29 is 9.50 Å². The Morgan fingerprint density at radius 2 is 1.89 bits per heavy atom. The van der Waals surface area contributed by atoms with E-state index in [2.05, 4.69) is 5.32 Å². The average Bonchev–Trinajstić information content (AvgIpc) is 2.39. The van der Waals surface area contributed by atoms with Gasteiger partial charge < -0.3 is 10.4 Å². The van der Waals surface area contributed by atoms with Crippen LogP contribution in [0.5, 0.6) is 0 Å². The summed E-state index contributed by atoms with van der Waals surface area (Å²) < 4.78 is 13.2. The van der Waals surface area contributed by atoms with Crippen LogP contribution >= 0.6 is 11.6 Å². The van der Waals surface area contributed by atoms with Crippen LogP contribution in [0.4, 0.5) is 4.39 Å². The highest BCUT2D eigenvalue weighted by Crippen LogP contribution is 2.16. The van der Waals surface area contributed by atoms with Gasteiger partial charge >= 0.3 is 0 Å². The lowest BCUT2D eigenvalue weighted by Gasteiger charge is -2.16. The zero-order chi connectivity index (χ0) is 13.7. The molecule has 2 nitrogen and oxygen atoms in total. The molecule has 0 aliphatic carbocycles. The molecule has 0 radical (unpaired) electrons. The topological polar surface area (TPSA) is 32.3 Å². The van der Waals surface area contributed by atoms with Crippen LogP contribution in [0.2, 0.25) is 5.02 Å². The minimum Gasteiger partial charge on any atom is -0.394 e. The van der Waals surface area contributed by atoms with Crippen LogP contribution in [0.3, 0.4) is 0 Å². The molecule has 0 aromatic heterocycles. The summed E-state index contributed by atoms with van der Waals surface area (Å²) in [6, 6.07) is 13.9. The molecule has 100 valence electrons. The van der Waals surface area contributed by atoms with Crippen LogP contribution in [0.1, 0.15) is 17.2 Å². The molecule has 1 unspecified atom stereocenters. The molecular weight excluding hydrogens is 265 g/mol. The van der Waals surface area contributed by atoms with Crippen molar-refractivity contribution in [3.05, 3.63) is 70.5 Å². The molecular formula is C15H15ClFNO. The molecule has 0 aliphatic rings. The zero-order valence-corrected chi connectivity index (χ0v) is 11.1. The highest BCUT2D eigenvalue weighted by atomic mass is 35.5. The molecule has 19 heavy (non-hydrogen) atoms. The largest absolute Gasteiger partial charge is 0.394 e. The number of aliphatic hydroxyl groups is 1. The molecule has 0 amide bonds. The average molecular weight is 280 g/mol. The second-order valence-corrected chi connectivity index (χ2v) is 4.74. The van der Waals surface area contributed by atoms with Gasteiger partial charge in [-0.1, -0.05) is 41.9 Å². The van der Waals surface area contributed by atoms with Gasteiger partial charge in [0.2, 0.25) is 0 Å². The van der Waals surface area contributed by atoms with Gasteiger partial charge in [0.15, 0.2) is 0 Å². The maximum atomic E-state index is 13.2. The lowest BCUT2D eigenvalue weighted by atomic mass is 10.1. The van der Waals surface area contributed by atoms with Gasteiger partial charge in [-0.25, -0.2) is 4.39 Å². The van der Waals surface area contributed by atoms with Gasteiger partial charge in [-0.15, -0.1) is 0 Å². The smallest absolute Gasteiger partial charge is 0.125 e. The van der Waals surface area contributed by atoms with Crippen molar-refractivity contribution in [1.29, 1.82) is 0 Å². The Bertz CT molecular complexity index is 513. The molecule has 0 bridgehead atoms. The standard InChI is InChI=1S/C15H15ClFNO/c16-13-6-11(7-14(17)8-13)9-18-15(10-19)12-4-2-1-3-5-12/h1-8,15,18-19H,9-10H2. The monoisotopic (exact) mass is 279 g/mol. The van der Waals surface area contributed by atoms with Crippen LogP contribution in [-0.2, 0) is 6.54 Å². The van der Waals surface area contributed by atoms with Crippen LogP contribution in [0, 0.1) is 5.82 Å². The highest BCUT2D eigenvalue weighted by Gasteiger charge is 2.09. The molecule has 0 aliphatic heterocycles. The lowest BCUT2D eigenvalue weighted by molar-refractivity contribution is 0.243. The number of halogens is 2. The Balaban J connectivity index is 2.04. The van der Waals surface area contributed by atoms with Crippen molar-refractivity contribution in [2.75, 3.05) is 6.61 Å². The summed E-state index contributed by atoms with van der Waals surface area (Å²) in [5.74, 6) is -0.357. The molecule has 2 N–H and O–H groups in total. The van der Waals surface area contributed by atoms with Gasteiger partial charge in [0.05, 0.1) is 12.6 Å². The zero-order valence-electron chi connectivity index (χ0n) is 10.3. The van der Waals surface area contributed by atoms with Crippen LogP contribution in [-0.4, -0.2) is 11.7 Å². The van der Waals surface area contributed by atoms with Crippen molar-refractivity contribution in [1.82, 2.24) is 5.32 Å². The normalized spacial score (nSPS) is 12.4. The Morgan fingerprint density at radius 1 is 1.16 bits per heavy atom. The van der Waals surface area contributed by atoms with Crippen molar-refractivity contribution >= 4 is 11.6 Å². The molecule has 1 atom stereocenters. The van der Waals surface area contributed by atoms with Crippen molar-refractivity contribution in [2.24, 2.45) is 0 Å². The van der Waals surface area contributed by atoms with Gasteiger partial charge in [0.1, 0.15) is 5.82 Å². The van der Waals surface area contributed by atoms with Crippen molar-refractivity contribution in [2.45, 2.75) is 12.6 Å². The summed E-state index contributed by atoms with van der Waals surface area (Å²) in [5.41, 5.74) is 1.74. The third-order valence-electron chi connectivity index (χ3n) is 2.86. The van der Waals surface area contributed by atoms with E-state index in [1.165, 1.54) is 12.1 Å². The fourth-order valence-corrected chi connectivity index (χ4v) is 2.17. The minimum absolute atomic E-state index is 0.0208. The fourth-order valence-electron chi connectivity index (χ4n) is 1.93. The van der Waals surface area contributed by atoms with Crippen molar-refractivity contribution in [3.8, 4) is 0 Å². The fraction of sp³-hybridized carbons (Fsp3) is 0.200. The number of hydrogen-bond acceptors (Lipinski definition) is 2. The molecule has 0 spiro atoms. The van der Waals surface area contributed by atoms with E-state index in [0.717, 1.165) is 11.1 Å². The number of aliphatic hydroxyl groups excluding tert-OH is 1. The molecule has 0 saturated carbocycles. The summed E-state index contributed by atoms with van der Waals surface area (Å²) >= 11 is 5.80. The number of rotatable bonds is 5. The van der Waals surface area contributed by atoms with E-state index >= 15 is 0 Å². The highest BCUT2D eigenvalue weighted by molar-refractivity contribution is 6.30. The summed E-state index contributed by atoms with van der Waals surface area (Å²) in [5, 5.41) is 13.0.